The van der Waals surface area contributed by atoms with E-state index in [0.29, 0.717) is 5.78 Å². The number of nitrogens with one attached hydrogen (secondary N) is 1. The van der Waals surface area contributed by atoms with E-state index >= 15 is 0 Å². The first kappa shape index (κ1) is 11.4. The first-order chi connectivity index (χ1) is 9.72. The molecule has 0 bridgehead atoms. The molecule has 0 aliphatic carbocycles. The Morgan fingerprint density at radius 1 is 1.40 bits per heavy atom. The minimum absolute atomic E-state index is 0.0476. The van der Waals surface area contributed by atoms with Crippen molar-refractivity contribution in [2.75, 3.05) is 31.1 Å². The summed E-state index contributed by atoms with van der Waals surface area (Å²) in [6.07, 6.45) is 1.51. The summed E-state index contributed by atoms with van der Waals surface area (Å²) in [6.45, 7) is 5.14. The van der Waals surface area contributed by atoms with Gasteiger partial charge in [-0.1, -0.05) is 0 Å². The molecule has 2 aliphatic rings. The molecule has 2 aliphatic heterocycles. The molecule has 20 heavy (non-hydrogen) atoms. The second-order valence-electron chi connectivity index (χ2n) is 5.21. The van der Waals surface area contributed by atoms with Crippen LogP contribution in [0, 0.1) is 6.92 Å². The average molecular weight is 273 g/mol. The molecule has 0 unspecified atom stereocenters. The molecule has 2 saturated heterocycles. The van der Waals surface area contributed by atoms with E-state index in [2.05, 4.69) is 25.3 Å². The molecule has 0 radical (unpaired) electrons. The number of aryl methyl sites for hydroxylation is 1. The molecule has 4 heterocycles. The lowest BCUT2D eigenvalue weighted by Crippen LogP contribution is -2.60. The standard InChI is InChI=1S/C12H15N7O/c1-8-4-10(19-11(16-8)14-7-15-19)17-5-9(6-17)18-3-2-13-12(18)20/h4,7,9H,2-3,5-6H2,1H3,(H,13,20). The van der Waals surface area contributed by atoms with Crippen molar-refractivity contribution in [1.82, 2.24) is 29.8 Å². The van der Waals surface area contributed by atoms with Gasteiger partial charge in [-0.3, -0.25) is 0 Å². The molecule has 2 amide bonds. The number of nitrogens with zero attached hydrogens (tertiary/aromatic N) is 6. The lowest BCUT2D eigenvalue weighted by atomic mass is 10.1. The van der Waals surface area contributed by atoms with E-state index in [1.165, 1.54) is 6.33 Å². The zero-order valence-corrected chi connectivity index (χ0v) is 11.2. The molecule has 2 fully saturated rings. The van der Waals surface area contributed by atoms with E-state index in [0.717, 1.165) is 37.7 Å². The van der Waals surface area contributed by atoms with Crippen LogP contribution in [0.1, 0.15) is 5.69 Å². The molecule has 8 heteroatoms. The molecule has 104 valence electrons. The van der Waals surface area contributed by atoms with Gasteiger partial charge in [-0.05, 0) is 6.92 Å². The summed E-state index contributed by atoms with van der Waals surface area (Å²) < 4.78 is 1.74. The molecular weight excluding hydrogens is 258 g/mol. The largest absolute Gasteiger partial charge is 0.352 e. The van der Waals surface area contributed by atoms with Crippen LogP contribution < -0.4 is 10.2 Å². The van der Waals surface area contributed by atoms with E-state index in [1.54, 1.807) is 4.52 Å². The summed E-state index contributed by atoms with van der Waals surface area (Å²) in [5, 5.41) is 7.05. The Hall–Kier alpha value is -2.38. The fourth-order valence-corrected chi connectivity index (χ4v) is 2.81. The first-order valence-electron chi connectivity index (χ1n) is 6.69. The normalized spacial score (nSPS) is 19.6. The minimum Gasteiger partial charge on any atom is -0.352 e. The number of urea groups is 1. The van der Waals surface area contributed by atoms with E-state index < -0.39 is 0 Å². The third kappa shape index (κ3) is 1.60. The Morgan fingerprint density at radius 2 is 2.25 bits per heavy atom. The van der Waals surface area contributed by atoms with Gasteiger partial charge in [0.25, 0.3) is 5.78 Å². The van der Waals surface area contributed by atoms with Crippen molar-refractivity contribution < 1.29 is 4.79 Å². The van der Waals surface area contributed by atoms with Gasteiger partial charge in [0.15, 0.2) is 0 Å². The van der Waals surface area contributed by atoms with Gasteiger partial charge in [-0.15, -0.1) is 0 Å². The summed E-state index contributed by atoms with van der Waals surface area (Å²) in [7, 11) is 0. The SMILES string of the molecule is Cc1cc(N2CC(N3CCNC3=O)C2)n2ncnc2n1. The minimum atomic E-state index is 0.0476. The van der Waals surface area contributed by atoms with Gasteiger partial charge in [-0.25, -0.2) is 9.78 Å². The van der Waals surface area contributed by atoms with Crippen molar-refractivity contribution >= 4 is 17.6 Å². The highest BCUT2D eigenvalue weighted by atomic mass is 16.2. The van der Waals surface area contributed by atoms with E-state index in [1.807, 2.05) is 17.9 Å². The van der Waals surface area contributed by atoms with Gasteiger partial charge < -0.3 is 15.1 Å². The Kier molecular flexibility index (Phi) is 2.32. The van der Waals surface area contributed by atoms with E-state index in [-0.39, 0.29) is 12.1 Å². The lowest BCUT2D eigenvalue weighted by Gasteiger charge is -2.44. The molecule has 8 nitrogen and oxygen atoms in total. The third-order valence-corrected chi connectivity index (χ3v) is 3.88. The van der Waals surface area contributed by atoms with Crippen LogP contribution in [0.25, 0.3) is 5.78 Å². The summed E-state index contributed by atoms with van der Waals surface area (Å²) in [5.41, 5.74) is 0.919. The third-order valence-electron chi connectivity index (χ3n) is 3.88. The smallest absolute Gasteiger partial charge is 0.317 e. The predicted octanol–water partition coefficient (Wildman–Crippen LogP) is -0.353. The highest BCUT2D eigenvalue weighted by Gasteiger charge is 2.37. The van der Waals surface area contributed by atoms with E-state index in [4.69, 9.17) is 0 Å². The van der Waals surface area contributed by atoms with Crippen LogP contribution in [-0.4, -0.2) is 62.7 Å². The fourth-order valence-electron chi connectivity index (χ4n) is 2.81. The number of aromatic nitrogens is 4. The maximum atomic E-state index is 11.6. The molecule has 2 aromatic rings. The van der Waals surface area contributed by atoms with Crippen LogP contribution in [0.2, 0.25) is 0 Å². The first-order valence-corrected chi connectivity index (χ1v) is 6.69. The Bertz CT molecular complexity index is 675. The Balaban J connectivity index is 1.57. The summed E-state index contributed by atoms with van der Waals surface area (Å²) in [6, 6.07) is 2.33. The number of hydrogen-bond acceptors (Lipinski definition) is 5. The molecule has 0 spiro atoms. The average Bonchev–Trinajstić information content (AvgIpc) is 2.96. The predicted molar refractivity (Wildman–Crippen MR) is 71.6 cm³/mol. The Morgan fingerprint density at radius 3 is 3.00 bits per heavy atom. The number of fused-ring (bicyclic) bond motifs is 1. The van der Waals surface area contributed by atoms with Crippen LogP contribution in [0.15, 0.2) is 12.4 Å². The van der Waals surface area contributed by atoms with Crippen LogP contribution in [0.4, 0.5) is 10.6 Å². The van der Waals surface area contributed by atoms with Crippen molar-refractivity contribution in [2.45, 2.75) is 13.0 Å². The number of carbonyl (C=O) groups is 1. The number of anilines is 1. The molecule has 1 N–H and O–H groups in total. The summed E-state index contributed by atoms with van der Waals surface area (Å²) in [5.74, 6) is 1.60. The maximum Gasteiger partial charge on any atom is 0.317 e. The maximum absolute atomic E-state index is 11.6. The van der Waals surface area contributed by atoms with Crippen molar-refractivity contribution in [2.24, 2.45) is 0 Å². The monoisotopic (exact) mass is 273 g/mol. The zero-order valence-electron chi connectivity index (χ0n) is 11.2. The van der Waals surface area contributed by atoms with Gasteiger partial charge in [0.1, 0.15) is 12.1 Å². The number of hydrogen-bond donors (Lipinski definition) is 1. The topological polar surface area (TPSA) is 78.7 Å². The van der Waals surface area contributed by atoms with Crippen molar-refractivity contribution in [3.63, 3.8) is 0 Å². The quantitative estimate of drug-likeness (QED) is 0.809. The number of carbonyl (C=O) groups excluding carboxylic acids is 1. The van der Waals surface area contributed by atoms with Crippen molar-refractivity contribution in [1.29, 1.82) is 0 Å². The fraction of sp³-hybridized carbons (Fsp3) is 0.500. The second kappa shape index (κ2) is 4.06. The number of amides is 2. The van der Waals surface area contributed by atoms with Crippen molar-refractivity contribution in [3.8, 4) is 0 Å². The van der Waals surface area contributed by atoms with Gasteiger partial charge in [0, 0.05) is 37.9 Å². The van der Waals surface area contributed by atoms with Gasteiger partial charge >= 0.3 is 6.03 Å². The zero-order chi connectivity index (χ0) is 13.7. The lowest BCUT2D eigenvalue weighted by molar-refractivity contribution is 0.185. The molecule has 4 rings (SSSR count). The Labute approximate surface area is 115 Å². The highest BCUT2D eigenvalue weighted by Crippen LogP contribution is 2.24. The molecule has 0 aromatic carbocycles. The van der Waals surface area contributed by atoms with Crippen LogP contribution in [-0.2, 0) is 0 Å². The van der Waals surface area contributed by atoms with Crippen molar-refractivity contribution in [3.05, 3.63) is 18.1 Å². The molecule has 2 aromatic heterocycles. The van der Waals surface area contributed by atoms with Crippen LogP contribution >= 0.6 is 0 Å². The second-order valence-corrected chi connectivity index (χ2v) is 5.21. The molecule has 0 atom stereocenters. The van der Waals surface area contributed by atoms with Crippen LogP contribution in [0.5, 0.6) is 0 Å². The summed E-state index contributed by atoms with van der Waals surface area (Å²) >= 11 is 0. The summed E-state index contributed by atoms with van der Waals surface area (Å²) in [4.78, 5) is 24.2. The van der Waals surface area contributed by atoms with Gasteiger partial charge in [-0.2, -0.15) is 14.6 Å². The highest BCUT2D eigenvalue weighted by molar-refractivity contribution is 5.77. The molecule has 0 saturated carbocycles. The van der Waals surface area contributed by atoms with Crippen LogP contribution in [0.3, 0.4) is 0 Å². The molecular formula is C12H15N7O. The van der Waals surface area contributed by atoms with Gasteiger partial charge in [0.05, 0.1) is 6.04 Å². The van der Waals surface area contributed by atoms with E-state index in [9.17, 15) is 4.79 Å². The van der Waals surface area contributed by atoms with Gasteiger partial charge in [0.2, 0.25) is 0 Å². The number of rotatable bonds is 2.